The van der Waals surface area contributed by atoms with Gasteiger partial charge in [0.15, 0.2) is 0 Å². The lowest BCUT2D eigenvalue weighted by atomic mass is 9.93. The molecule has 7 nitrogen and oxygen atoms in total. The lowest BCUT2D eigenvalue weighted by molar-refractivity contribution is -0.131. The van der Waals surface area contributed by atoms with E-state index in [9.17, 15) is 18.3 Å². The number of sulfonamides is 1. The van der Waals surface area contributed by atoms with E-state index in [1.165, 1.54) is 39.8 Å². The Hall–Kier alpha value is -3.82. The number of hydrogen-bond acceptors (Lipinski definition) is 5. The van der Waals surface area contributed by atoms with E-state index in [0.717, 1.165) is 12.5 Å². The summed E-state index contributed by atoms with van der Waals surface area (Å²) in [5.74, 6) is -1.06. The fourth-order valence-electron chi connectivity index (χ4n) is 4.85. The van der Waals surface area contributed by atoms with Crippen LogP contribution in [-0.2, 0) is 21.2 Å². The second-order valence-corrected chi connectivity index (χ2v) is 12.9. The molecule has 0 bridgehead atoms. The summed E-state index contributed by atoms with van der Waals surface area (Å²) in [4.78, 5) is 11.0. The maximum absolute atomic E-state index is 13.6. The zero-order valence-electron chi connectivity index (χ0n) is 23.5. The third-order valence-corrected chi connectivity index (χ3v) is 8.82. The number of rotatable bonds is 12. The van der Waals surface area contributed by atoms with Gasteiger partial charge in [-0.25, -0.2) is 13.2 Å². The summed E-state index contributed by atoms with van der Waals surface area (Å²) in [5.41, 5.74) is 2.62. The zero-order valence-corrected chi connectivity index (χ0v) is 24.3. The number of hydrogen-bond donors (Lipinski definition) is 3. The zero-order chi connectivity index (χ0) is 29.6. The molecule has 3 N–H and O–H groups in total. The van der Waals surface area contributed by atoms with Crippen LogP contribution in [0.5, 0.6) is 0 Å². The van der Waals surface area contributed by atoms with Crippen molar-refractivity contribution in [1.82, 2.24) is 9.62 Å². The van der Waals surface area contributed by atoms with E-state index < -0.39 is 22.1 Å². The van der Waals surface area contributed by atoms with Crippen molar-refractivity contribution in [1.29, 1.82) is 0 Å². The number of β-amino-alcohol motifs (C(OH)–C–C–N with tert-alkyl or cyclic N) is 1. The normalized spacial score (nSPS) is 13.2. The minimum atomic E-state index is -3.94. The molecule has 0 heterocycles. The third-order valence-electron chi connectivity index (χ3n) is 6.94. The molecule has 0 amide bonds. The minimum absolute atomic E-state index is 0.0862. The minimum Gasteiger partial charge on any atom is -0.478 e. The molecule has 1 atom stereocenters. The molecule has 4 rings (SSSR count). The second kappa shape index (κ2) is 12.8. The molecule has 0 unspecified atom stereocenters. The average molecular weight is 573 g/mol. The summed E-state index contributed by atoms with van der Waals surface area (Å²) in [5, 5.41) is 25.5. The van der Waals surface area contributed by atoms with Crippen LogP contribution < -0.4 is 5.32 Å². The van der Waals surface area contributed by atoms with Gasteiger partial charge >= 0.3 is 5.97 Å². The van der Waals surface area contributed by atoms with Crippen molar-refractivity contribution in [3.8, 4) is 11.1 Å². The van der Waals surface area contributed by atoms with Crippen LogP contribution in [0.2, 0.25) is 0 Å². The fraction of sp³-hybridized carbons (Fsp3) is 0.242. The van der Waals surface area contributed by atoms with Crippen molar-refractivity contribution >= 4 is 32.8 Å². The van der Waals surface area contributed by atoms with Gasteiger partial charge in [0.2, 0.25) is 10.0 Å². The van der Waals surface area contributed by atoms with Gasteiger partial charge in [0.05, 0.1) is 11.0 Å². The Morgan fingerprint density at radius 3 is 2.41 bits per heavy atom. The van der Waals surface area contributed by atoms with Crippen LogP contribution in [0.4, 0.5) is 0 Å². The molecule has 0 aliphatic rings. The molecule has 4 aromatic rings. The first kappa shape index (κ1) is 30.1. The molecule has 0 aliphatic carbocycles. The Morgan fingerprint density at radius 1 is 0.951 bits per heavy atom. The number of carboxylic acids is 1. The smallest absolute Gasteiger partial charge is 0.328 e. The Morgan fingerprint density at radius 2 is 1.66 bits per heavy atom. The molecule has 214 valence electrons. The summed E-state index contributed by atoms with van der Waals surface area (Å²) < 4.78 is 28.4. The molecule has 4 aromatic carbocycles. The number of aliphatic hydroxyl groups excluding tert-OH is 1. The first-order valence-electron chi connectivity index (χ1n) is 13.4. The summed E-state index contributed by atoms with van der Waals surface area (Å²) in [6.07, 6.45) is 2.31. The largest absolute Gasteiger partial charge is 0.478 e. The van der Waals surface area contributed by atoms with Crippen LogP contribution in [0.15, 0.2) is 102 Å². The maximum Gasteiger partial charge on any atom is 0.328 e. The van der Waals surface area contributed by atoms with Crippen LogP contribution in [0.3, 0.4) is 0 Å². The number of aliphatic hydroxyl groups is 1. The first-order chi connectivity index (χ1) is 19.4. The topological polar surface area (TPSA) is 107 Å². The molecular formula is C33H36N2O5S. The number of benzene rings is 4. The molecule has 0 saturated carbocycles. The summed E-state index contributed by atoms with van der Waals surface area (Å²) in [6, 6.07) is 28.3. The fourth-order valence-corrected chi connectivity index (χ4v) is 6.27. The Balaban J connectivity index is 1.43. The number of nitrogens with one attached hydrogen (secondary N) is 1. The molecule has 0 aliphatic heterocycles. The van der Waals surface area contributed by atoms with Crippen molar-refractivity contribution < 1.29 is 23.4 Å². The van der Waals surface area contributed by atoms with Gasteiger partial charge in [-0.1, -0.05) is 78.9 Å². The lowest BCUT2D eigenvalue weighted by Crippen LogP contribution is -2.47. The van der Waals surface area contributed by atoms with Gasteiger partial charge in [-0.15, -0.1) is 0 Å². The Kier molecular flexibility index (Phi) is 9.40. The number of fused-ring (bicyclic) bond motifs is 1. The molecular weight excluding hydrogens is 536 g/mol. The number of carboxylic acid groups (broad SMARTS) is 1. The molecule has 41 heavy (non-hydrogen) atoms. The highest BCUT2D eigenvalue weighted by Crippen LogP contribution is 2.30. The van der Waals surface area contributed by atoms with Gasteiger partial charge in [-0.3, -0.25) is 0 Å². The molecule has 0 aromatic heterocycles. The van der Waals surface area contributed by atoms with Gasteiger partial charge in [-0.2, -0.15) is 4.31 Å². The van der Waals surface area contributed by atoms with E-state index in [0.29, 0.717) is 16.7 Å². The van der Waals surface area contributed by atoms with Gasteiger partial charge in [0, 0.05) is 37.3 Å². The molecule has 0 radical (unpaired) electrons. The number of carbonyl (C=O) groups is 1. The average Bonchev–Trinajstić information content (AvgIpc) is 2.95. The third kappa shape index (κ3) is 7.89. The highest BCUT2D eigenvalue weighted by Gasteiger charge is 2.27. The number of nitrogens with zero attached hydrogens (tertiary/aromatic N) is 1. The van der Waals surface area contributed by atoms with Crippen LogP contribution >= 0.6 is 0 Å². The SMILES string of the molecule is CN(C[C@H](O)CNC(C)(C)Cc1ccc2ccccc2c1)S(=O)(=O)c1ccccc1-c1cccc(/C=C/C(=O)O)c1. The van der Waals surface area contributed by atoms with Crippen LogP contribution in [-0.4, -0.2) is 60.7 Å². The molecule has 0 saturated heterocycles. The van der Waals surface area contributed by atoms with E-state index in [4.69, 9.17) is 5.11 Å². The van der Waals surface area contributed by atoms with Crippen molar-refractivity contribution in [2.45, 2.75) is 36.8 Å². The van der Waals surface area contributed by atoms with Gasteiger partial charge in [-0.05, 0) is 65.9 Å². The van der Waals surface area contributed by atoms with E-state index in [-0.39, 0.29) is 23.5 Å². The predicted molar refractivity (Wildman–Crippen MR) is 164 cm³/mol. The van der Waals surface area contributed by atoms with E-state index >= 15 is 0 Å². The van der Waals surface area contributed by atoms with E-state index in [1.54, 1.807) is 42.5 Å². The number of likely N-dealkylation sites (N-methyl/N-ethyl adjacent to an activating group) is 1. The maximum atomic E-state index is 13.6. The predicted octanol–water partition coefficient (Wildman–Crippen LogP) is 5.20. The monoisotopic (exact) mass is 572 g/mol. The van der Waals surface area contributed by atoms with Crippen molar-refractivity contribution in [2.75, 3.05) is 20.1 Å². The molecule has 0 fully saturated rings. The van der Waals surface area contributed by atoms with Crippen molar-refractivity contribution in [3.05, 3.63) is 108 Å². The van der Waals surface area contributed by atoms with Crippen LogP contribution in [0.1, 0.15) is 25.0 Å². The lowest BCUT2D eigenvalue weighted by Gasteiger charge is -2.29. The van der Waals surface area contributed by atoms with Gasteiger partial charge in [0.25, 0.3) is 0 Å². The second-order valence-electron chi connectivity index (χ2n) is 10.9. The quantitative estimate of drug-likeness (QED) is 0.202. The van der Waals surface area contributed by atoms with Gasteiger partial charge < -0.3 is 15.5 Å². The van der Waals surface area contributed by atoms with E-state index in [2.05, 4.69) is 49.5 Å². The van der Waals surface area contributed by atoms with Gasteiger partial charge in [0.1, 0.15) is 0 Å². The highest BCUT2D eigenvalue weighted by molar-refractivity contribution is 7.89. The van der Waals surface area contributed by atoms with Crippen molar-refractivity contribution in [2.24, 2.45) is 0 Å². The standard InChI is InChI=1S/C33H36N2O5S/c1-33(2,21-25-15-17-26-10-4-5-11-27(26)20-25)34-22-29(36)23-35(3)41(39,40)31-14-7-6-13-30(31)28-12-8-9-24(19-28)16-18-32(37)38/h4-20,29,34,36H,21-23H2,1-3H3,(H,37,38)/b18-16+/t29-/m1/s1. The first-order valence-corrected chi connectivity index (χ1v) is 14.9. The summed E-state index contributed by atoms with van der Waals surface area (Å²) >= 11 is 0. The van der Waals surface area contributed by atoms with E-state index in [1.807, 2.05) is 12.1 Å². The Bertz CT molecular complexity index is 1660. The van der Waals surface area contributed by atoms with Crippen LogP contribution in [0, 0.1) is 0 Å². The molecule has 0 spiro atoms. The Labute approximate surface area is 241 Å². The summed E-state index contributed by atoms with van der Waals surface area (Å²) in [7, 11) is -2.48. The number of aliphatic carboxylic acids is 1. The molecule has 8 heteroatoms. The van der Waals surface area contributed by atoms with Crippen LogP contribution in [0.25, 0.3) is 28.0 Å². The summed E-state index contributed by atoms with van der Waals surface area (Å²) in [6.45, 7) is 4.26. The van der Waals surface area contributed by atoms with Crippen molar-refractivity contribution in [3.63, 3.8) is 0 Å². The highest BCUT2D eigenvalue weighted by atomic mass is 32.2.